The molecule has 0 aliphatic heterocycles. The first-order valence-corrected chi connectivity index (χ1v) is 6.14. The highest BCUT2D eigenvalue weighted by atomic mass is 16.5. The molecule has 0 atom stereocenters. The molecule has 104 valence electrons. The molecule has 1 aromatic heterocycles. The van der Waals surface area contributed by atoms with Crippen LogP contribution in [0.25, 0.3) is 0 Å². The van der Waals surface area contributed by atoms with Gasteiger partial charge >= 0.3 is 0 Å². The number of methoxy groups -OCH3 is 2. The van der Waals surface area contributed by atoms with Crippen LogP contribution in [0.5, 0.6) is 11.5 Å². The van der Waals surface area contributed by atoms with E-state index in [-0.39, 0.29) is 5.91 Å². The van der Waals surface area contributed by atoms with Crippen molar-refractivity contribution in [2.45, 2.75) is 6.54 Å². The zero-order valence-corrected chi connectivity index (χ0v) is 11.4. The molecule has 0 aliphatic rings. The molecule has 5 heteroatoms. The zero-order valence-electron chi connectivity index (χ0n) is 11.4. The molecule has 0 fully saturated rings. The van der Waals surface area contributed by atoms with Crippen LogP contribution in [0, 0.1) is 0 Å². The second kappa shape index (κ2) is 6.56. The molecule has 2 aromatic rings. The van der Waals surface area contributed by atoms with Gasteiger partial charge in [0.15, 0.2) is 0 Å². The largest absolute Gasteiger partial charge is 0.496 e. The second-order valence-corrected chi connectivity index (χ2v) is 4.08. The third-order valence-electron chi connectivity index (χ3n) is 2.86. The van der Waals surface area contributed by atoms with E-state index in [1.165, 1.54) is 14.2 Å². The normalized spacial score (nSPS) is 9.90. The number of rotatable bonds is 5. The Morgan fingerprint density at radius 2 is 1.70 bits per heavy atom. The average molecular weight is 272 g/mol. The molecule has 1 N–H and O–H groups in total. The van der Waals surface area contributed by atoms with Gasteiger partial charge in [0, 0.05) is 18.9 Å². The lowest BCUT2D eigenvalue weighted by Crippen LogP contribution is -2.24. The molecule has 0 spiro atoms. The number of aromatic nitrogens is 1. The van der Waals surface area contributed by atoms with Crippen molar-refractivity contribution < 1.29 is 14.3 Å². The standard InChI is InChI=1S/C15H16N2O3/c1-19-12-4-3-5-13(20-2)14(12)15(18)17-10-11-6-8-16-9-7-11/h3-9H,10H2,1-2H3,(H,17,18). The van der Waals surface area contributed by atoms with E-state index in [0.29, 0.717) is 23.6 Å². The van der Waals surface area contributed by atoms with E-state index in [0.717, 1.165) is 5.56 Å². The van der Waals surface area contributed by atoms with Crippen LogP contribution in [0.3, 0.4) is 0 Å². The highest BCUT2D eigenvalue weighted by molar-refractivity contribution is 5.99. The Bertz CT molecular complexity index is 563. The molecular weight excluding hydrogens is 256 g/mol. The molecule has 20 heavy (non-hydrogen) atoms. The Morgan fingerprint density at radius 1 is 1.10 bits per heavy atom. The molecule has 1 heterocycles. The van der Waals surface area contributed by atoms with Crippen LogP contribution in [-0.2, 0) is 6.54 Å². The third kappa shape index (κ3) is 3.06. The smallest absolute Gasteiger partial charge is 0.259 e. The highest BCUT2D eigenvalue weighted by Gasteiger charge is 2.17. The van der Waals surface area contributed by atoms with Crippen LogP contribution >= 0.6 is 0 Å². The maximum absolute atomic E-state index is 12.3. The average Bonchev–Trinajstić information content (AvgIpc) is 2.52. The van der Waals surface area contributed by atoms with Crippen molar-refractivity contribution in [2.24, 2.45) is 0 Å². The quantitative estimate of drug-likeness (QED) is 0.904. The van der Waals surface area contributed by atoms with Crippen LogP contribution in [0.15, 0.2) is 42.7 Å². The van der Waals surface area contributed by atoms with Gasteiger partial charge in [-0.2, -0.15) is 0 Å². The third-order valence-corrected chi connectivity index (χ3v) is 2.86. The van der Waals surface area contributed by atoms with Crippen LogP contribution in [-0.4, -0.2) is 25.1 Å². The predicted octanol–water partition coefficient (Wildman–Crippen LogP) is 2.03. The van der Waals surface area contributed by atoms with Gasteiger partial charge in [-0.15, -0.1) is 0 Å². The van der Waals surface area contributed by atoms with Crippen molar-refractivity contribution >= 4 is 5.91 Å². The number of pyridine rings is 1. The minimum absolute atomic E-state index is 0.240. The Balaban J connectivity index is 2.16. The highest BCUT2D eigenvalue weighted by Crippen LogP contribution is 2.27. The molecule has 1 aromatic carbocycles. The maximum atomic E-state index is 12.3. The van der Waals surface area contributed by atoms with Gasteiger partial charge in [0.1, 0.15) is 17.1 Å². The van der Waals surface area contributed by atoms with Crippen LogP contribution in [0.4, 0.5) is 0 Å². The number of ether oxygens (including phenoxy) is 2. The first kappa shape index (κ1) is 13.9. The topological polar surface area (TPSA) is 60.5 Å². The van der Waals surface area contributed by atoms with Gasteiger partial charge in [0.2, 0.25) is 0 Å². The Hall–Kier alpha value is -2.56. The molecule has 1 amide bonds. The fraction of sp³-hybridized carbons (Fsp3) is 0.200. The maximum Gasteiger partial charge on any atom is 0.259 e. The summed E-state index contributed by atoms with van der Waals surface area (Å²) < 4.78 is 10.4. The molecule has 0 saturated heterocycles. The van der Waals surface area contributed by atoms with Gasteiger partial charge in [0.05, 0.1) is 14.2 Å². The summed E-state index contributed by atoms with van der Waals surface area (Å²) in [6, 6.07) is 8.92. The summed E-state index contributed by atoms with van der Waals surface area (Å²) >= 11 is 0. The first-order chi connectivity index (χ1) is 9.76. The molecule has 0 saturated carbocycles. The van der Waals surface area contributed by atoms with Crippen molar-refractivity contribution in [1.29, 1.82) is 0 Å². The number of carbonyl (C=O) groups is 1. The summed E-state index contributed by atoms with van der Waals surface area (Å²) in [5.74, 6) is 0.726. The number of nitrogens with one attached hydrogen (secondary N) is 1. The number of nitrogens with zero attached hydrogens (tertiary/aromatic N) is 1. The van der Waals surface area contributed by atoms with E-state index in [1.807, 2.05) is 12.1 Å². The van der Waals surface area contributed by atoms with Crippen molar-refractivity contribution in [2.75, 3.05) is 14.2 Å². The predicted molar refractivity (Wildman–Crippen MR) is 75.0 cm³/mol. The number of hydrogen-bond acceptors (Lipinski definition) is 4. The van der Waals surface area contributed by atoms with Gasteiger partial charge in [-0.25, -0.2) is 0 Å². The van der Waals surface area contributed by atoms with Gasteiger partial charge in [0.25, 0.3) is 5.91 Å². The molecule has 0 aliphatic carbocycles. The lowest BCUT2D eigenvalue weighted by molar-refractivity contribution is 0.0944. The van der Waals surface area contributed by atoms with Crippen LogP contribution in [0.2, 0.25) is 0 Å². The minimum atomic E-state index is -0.240. The van der Waals surface area contributed by atoms with Crippen molar-refractivity contribution in [1.82, 2.24) is 10.3 Å². The molecule has 2 rings (SSSR count). The molecule has 0 unspecified atom stereocenters. The van der Waals surface area contributed by atoms with E-state index in [1.54, 1.807) is 30.6 Å². The monoisotopic (exact) mass is 272 g/mol. The number of carbonyl (C=O) groups excluding carboxylic acids is 1. The van der Waals surface area contributed by atoms with Gasteiger partial charge in [-0.1, -0.05) is 6.07 Å². The number of amides is 1. The van der Waals surface area contributed by atoms with Crippen molar-refractivity contribution in [3.63, 3.8) is 0 Å². The van der Waals surface area contributed by atoms with Crippen molar-refractivity contribution in [3.05, 3.63) is 53.9 Å². The van der Waals surface area contributed by atoms with Gasteiger partial charge < -0.3 is 14.8 Å². The van der Waals surface area contributed by atoms with Crippen molar-refractivity contribution in [3.8, 4) is 11.5 Å². The minimum Gasteiger partial charge on any atom is -0.496 e. The van der Waals surface area contributed by atoms with Gasteiger partial charge in [-0.05, 0) is 29.8 Å². The van der Waals surface area contributed by atoms with E-state index in [2.05, 4.69) is 10.3 Å². The zero-order chi connectivity index (χ0) is 14.4. The Morgan fingerprint density at radius 3 is 2.25 bits per heavy atom. The summed E-state index contributed by atoms with van der Waals surface area (Å²) in [6.45, 7) is 0.419. The Kier molecular flexibility index (Phi) is 4.55. The van der Waals surface area contributed by atoms with E-state index >= 15 is 0 Å². The molecule has 5 nitrogen and oxygen atoms in total. The fourth-order valence-corrected chi connectivity index (χ4v) is 1.85. The van der Waals surface area contributed by atoms with E-state index in [9.17, 15) is 4.79 Å². The summed E-state index contributed by atoms with van der Waals surface area (Å²) in [5, 5.41) is 2.84. The molecule has 0 bridgehead atoms. The SMILES string of the molecule is COc1cccc(OC)c1C(=O)NCc1ccncc1. The van der Waals surface area contributed by atoms with E-state index in [4.69, 9.17) is 9.47 Å². The lowest BCUT2D eigenvalue weighted by atomic mass is 10.1. The summed E-state index contributed by atoms with van der Waals surface area (Å²) in [7, 11) is 3.04. The fourth-order valence-electron chi connectivity index (χ4n) is 1.85. The van der Waals surface area contributed by atoms with Crippen LogP contribution < -0.4 is 14.8 Å². The Labute approximate surface area is 117 Å². The number of hydrogen-bond donors (Lipinski definition) is 1. The first-order valence-electron chi connectivity index (χ1n) is 6.14. The summed E-state index contributed by atoms with van der Waals surface area (Å²) in [4.78, 5) is 16.2. The molecular formula is C15H16N2O3. The summed E-state index contributed by atoms with van der Waals surface area (Å²) in [6.07, 6.45) is 3.37. The number of benzene rings is 1. The van der Waals surface area contributed by atoms with E-state index < -0.39 is 0 Å². The van der Waals surface area contributed by atoms with Crippen LogP contribution in [0.1, 0.15) is 15.9 Å². The lowest BCUT2D eigenvalue weighted by Gasteiger charge is -2.12. The summed E-state index contributed by atoms with van der Waals surface area (Å²) in [5.41, 5.74) is 1.37. The second-order valence-electron chi connectivity index (χ2n) is 4.08. The van der Waals surface area contributed by atoms with Gasteiger partial charge in [-0.3, -0.25) is 9.78 Å². The molecule has 0 radical (unpaired) electrons.